The van der Waals surface area contributed by atoms with Crippen LogP contribution in [0.4, 0.5) is 0 Å². The van der Waals surface area contributed by atoms with E-state index < -0.39 is 5.91 Å². The number of fused-ring (bicyclic) bond motifs is 1. The Hall–Kier alpha value is -1.84. The van der Waals surface area contributed by atoms with Crippen molar-refractivity contribution in [3.05, 3.63) is 34.9 Å². The van der Waals surface area contributed by atoms with Gasteiger partial charge in [-0.15, -0.1) is 0 Å². The summed E-state index contributed by atoms with van der Waals surface area (Å²) >= 11 is 0. The lowest BCUT2D eigenvalue weighted by Gasteiger charge is -2.21. The third kappa shape index (κ3) is 3.38. The van der Waals surface area contributed by atoms with Crippen LogP contribution in [0.15, 0.2) is 18.2 Å². The summed E-state index contributed by atoms with van der Waals surface area (Å²) in [4.78, 5) is 25.2. The topological polar surface area (TPSA) is 63.4 Å². The van der Waals surface area contributed by atoms with Crippen LogP contribution < -0.4 is 5.73 Å². The highest BCUT2D eigenvalue weighted by atomic mass is 16.2. The van der Waals surface area contributed by atoms with Crippen molar-refractivity contribution in [1.29, 1.82) is 0 Å². The lowest BCUT2D eigenvalue weighted by molar-refractivity contribution is -0.118. The highest BCUT2D eigenvalue weighted by Crippen LogP contribution is 2.23. The summed E-state index contributed by atoms with van der Waals surface area (Å²) in [5, 5.41) is 0. The summed E-state index contributed by atoms with van der Waals surface area (Å²) in [5.41, 5.74) is 8.52. The summed E-state index contributed by atoms with van der Waals surface area (Å²) < 4.78 is 0. The molecule has 1 aromatic carbocycles. The van der Waals surface area contributed by atoms with Crippen LogP contribution in [0.1, 0.15) is 47.7 Å². The van der Waals surface area contributed by atoms with Crippen molar-refractivity contribution >= 4 is 11.8 Å². The summed E-state index contributed by atoms with van der Waals surface area (Å²) in [6.45, 7) is 2.63. The van der Waals surface area contributed by atoms with Crippen LogP contribution in [0, 0.1) is 0 Å². The standard InChI is InChI=1S/C16H22N2O2/c1-2-3-9-18(11-15(17)19)16(20)14-8-7-12-5-4-6-13(12)10-14/h7-8,10H,2-6,9,11H2,1H3,(H2,17,19). The molecule has 20 heavy (non-hydrogen) atoms. The van der Waals surface area contributed by atoms with Gasteiger partial charge >= 0.3 is 0 Å². The molecule has 0 saturated heterocycles. The van der Waals surface area contributed by atoms with Crippen molar-refractivity contribution in [3.8, 4) is 0 Å². The number of rotatable bonds is 6. The Kier molecular flexibility index (Phi) is 4.77. The summed E-state index contributed by atoms with van der Waals surface area (Å²) in [5.74, 6) is -0.553. The lowest BCUT2D eigenvalue weighted by Crippen LogP contribution is -2.39. The van der Waals surface area contributed by atoms with Gasteiger partial charge < -0.3 is 10.6 Å². The molecule has 2 amide bonds. The summed E-state index contributed by atoms with van der Waals surface area (Å²) in [6.07, 6.45) is 5.16. The Balaban J connectivity index is 2.15. The van der Waals surface area contributed by atoms with Crippen LogP contribution >= 0.6 is 0 Å². The molecule has 1 aromatic rings. The van der Waals surface area contributed by atoms with Crippen molar-refractivity contribution in [2.45, 2.75) is 39.0 Å². The molecule has 2 rings (SSSR count). The number of primary amides is 1. The second-order valence-corrected chi connectivity index (χ2v) is 5.38. The largest absolute Gasteiger partial charge is 0.368 e. The van der Waals surface area contributed by atoms with Crippen LogP contribution in [0.25, 0.3) is 0 Å². The first kappa shape index (κ1) is 14.6. The van der Waals surface area contributed by atoms with E-state index in [4.69, 9.17) is 5.73 Å². The molecule has 4 heteroatoms. The number of carbonyl (C=O) groups is 2. The van der Waals surface area contributed by atoms with Gasteiger partial charge in [0.25, 0.3) is 5.91 Å². The lowest BCUT2D eigenvalue weighted by atomic mass is 10.1. The third-order valence-corrected chi connectivity index (χ3v) is 3.76. The molecule has 0 unspecified atom stereocenters. The van der Waals surface area contributed by atoms with E-state index in [-0.39, 0.29) is 12.5 Å². The van der Waals surface area contributed by atoms with Gasteiger partial charge in [-0.3, -0.25) is 9.59 Å². The van der Waals surface area contributed by atoms with Crippen LogP contribution in [-0.2, 0) is 17.6 Å². The van der Waals surface area contributed by atoms with Crippen LogP contribution in [0.2, 0.25) is 0 Å². The number of hydrogen-bond donors (Lipinski definition) is 1. The maximum absolute atomic E-state index is 12.5. The summed E-state index contributed by atoms with van der Waals surface area (Å²) in [6, 6.07) is 5.88. The molecule has 0 atom stereocenters. The normalized spacial score (nSPS) is 13.1. The molecular weight excluding hydrogens is 252 g/mol. The van der Waals surface area contributed by atoms with E-state index in [0.29, 0.717) is 12.1 Å². The van der Waals surface area contributed by atoms with Crippen molar-refractivity contribution in [2.24, 2.45) is 5.73 Å². The van der Waals surface area contributed by atoms with Crippen molar-refractivity contribution in [2.75, 3.05) is 13.1 Å². The first-order valence-corrected chi connectivity index (χ1v) is 7.31. The van der Waals surface area contributed by atoms with Gasteiger partial charge in [0.1, 0.15) is 0 Å². The molecular formula is C16H22N2O2. The minimum absolute atomic E-state index is 0.00405. The fraction of sp³-hybridized carbons (Fsp3) is 0.500. The smallest absolute Gasteiger partial charge is 0.254 e. The molecule has 108 valence electrons. The highest BCUT2D eigenvalue weighted by Gasteiger charge is 2.19. The van der Waals surface area contributed by atoms with Crippen LogP contribution in [0.5, 0.6) is 0 Å². The van der Waals surface area contributed by atoms with Crippen molar-refractivity contribution in [1.82, 2.24) is 4.90 Å². The van der Waals surface area contributed by atoms with Crippen LogP contribution in [0.3, 0.4) is 0 Å². The predicted octanol–water partition coefficient (Wildman–Crippen LogP) is 1.90. The zero-order chi connectivity index (χ0) is 14.5. The minimum atomic E-state index is -0.462. The van der Waals surface area contributed by atoms with Gasteiger partial charge in [0, 0.05) is 12.1 Å². The molecule has 1 aliphatic rings. The zero-order valence-corrected chi connectivity index (χ0v) is 12.0. The van der Waals surface area contributed by atoms with Gasteiger partial charge in [-0.05, 0) is 48.9 Å². The van der Waals surface area contributed by atoms with E-state index in [9.17, 15) is 9.59 Å². The Labute approximate surface area is 119 Å². The first-order chi connectivity index (χ1) is 9.61. The quantitative estimate of drug-likeness (QED) is 0.861. The number of amides is 2. The molecule has 0 aromatic heterocycles. The van der Waals surface area contributed by atoms with E-state index >= 15 is 0 Å². The monoisotopic (exact) mass is 274 g/mol. The van der Waals surface area contributed by atoms with E-state index in [2.05, 4.69) is 6.92 Å². The van der Waals surface area contributed by atoms with Gasteiger partial charge in [0.2, 0.25) is 5.91 Å². The molecule has 4 nitrogen and oxygen atoms in total. The summed E-state index contributed by atoms with van der Waals surface area (Å²) in [7, 11) is 0. The maximum atomic E-state index is 12.5. The molecule has 0 heterocycles. The number of aryl methyl sites for hydroxylation is 2. The Morgan fingerprint density at radius 1 is 1.25 bits per heavy atom. The van der Waals surface area contributed by atoms with Gasteiger partial charge in [0.05, 0.1) is 6.54 Å². The average Bonchev–Trinajstić information content (AvgIpc) is 2.89. The van der Waals surface area contributed by atoms with Gasteiger partial charge in [0.15, 0.2) is 0 Å². The molecule has 0 saturated carbocycles. The number of carbonyl (C=O) groups excluding carboxylic acids is 2. The number of benzene rings is 1. The number of nitrogens with zero attached hydrogens (tertiary/aromatic N) is 1. The number of unbranched alkanes of at least 4 members (excludes halogenated alkanes) is 1. The van der Waals surface area contributed by atoms with Crippen molar-refractivity contribution in [3.63, 3.8) is 0 Å². The number of nitrogens with two attached hydrogens (primary N) is 1. The second-order valence-electron chi connectivity index (χ2n) is 5.38. The molecule has 0 aliphatic heterocycles. The fourth-order valence-electron chi connectivity index (χ4n) is 2.68. The first-order valence-electron chi connectivity index (χ1n) is 7.31. The van der Waals surface area contributed by atoms with Crippen molar-refractivity contribution < 1.29 is 9.59 Å². The van der Waals surface area contributed by atoms with Crippen LogP contribution in [-0.4, -0.2) is 29.8 Å². The van der Waals surface area contributed by atoms with E-state index in [1.54, 1.807) is 4.90 Å². The molecule has 2 N–H and O–H groups in total. The maximum Gasteiger partial charge on any atom is 0.254 e. The number of hydrogen-bond acceptors (Lipinski definition) is 2. The van der Waals surface area contributed by atoms with Gasteiger partial charge in [-0.2, -0.15) is 0 Å². The van der Waals surface area contributed by atoms with Gasteiger partial charge in [-0.25, -0.2) is 0 Å². The zero-order valence-electron chi connectivity index (χ0n) is 12.0. The Morgan fingerprint density at radius 3 is 2.70 bits per heavy atom. The highest BCUT2D eigenvalue weighted by molar-refractivity contribution is 5.96. The second kappa shape index (κ2) is 6.55. The average molecular weight is 274 g/mol. The molecule has 0 bridgehead atoms. The predicted molar refractivity (Wildman–Crippen MR) is 78.5 cm³/mol. The molecule has 0 radical (unpaired) electrons. The van der Waals surface area contributed by atoms with E-state index in [1.165, 1.54) is 11.1 Å². The molecule has 0 spiro atoms. The third-order valence-electron chi connectivity index (χ3n) is 3.76. The van der Waals surface area contributed by atoms with E-state index in [1.807, 2.05) is 18.2 Å². The van der Waals surface area contributed by atoms with E-state index in [0.717, 1.165) is 32.1 Å². The minimum Gasteiger partial charge on any atom is -0.368 e. The molecule has 0 fully saturated rings. The fourth-order valence-corrected chi connectivity index (χ4v) is 2.68. The SMILES string of the molecule is CCCCN(CC(N)=O)C(=O)c1ccc2c(c1)CCC2. The Bertz CT molecular complexity index is 511. The molecule has 1 aliphatic carbocycles. The Morgan fingerprint density at radius 2 is 2.00 bits per heavy atom. The van der Waals surface area contributed by atoms with Gasteiger partial charge in [-0.1, -0.05) is 19.4 Å².